The molecule has 0 aromatic heterocycles. The third-order valence-electron chi connectivity index (χ3n) is 2.27. The first-order chi connectivity index (χ1) is 7.99. The molecular weight excluding hydrogens is 214 g/mol. The lowest BCUT2D eigenvalue weighted by Gasteiger charge is -2.20. The topological polar surface area (TPSA) is 69.0 Å². The Balaban J connectivity index is 0.00000121. The molecule has 0 spiro atoms. The van der Waals surface area contributed by atoms with Crippen LogP contribution in [0.2, 0.25) is 0 Å². The molecule has 0 fully saturated rings. The summed E-state index contributed by atoms with van der Waals surface area (Å²) in [5.41, 5.74) is 10.7. The van der Waals surface area contributed by atoms with E-state index >= 15 is 0 Å². The second-order valence-electron chi connectivity index (χ2n) is 4.44. The van der Waals surface area contributed by atoms with Crippen LogP contribution in [-0.4, -0.2) is 5.11 Å². The molecule has 94 valence electrons. The molecule has 1 aromatic rings. The van der Waals surface area contributed by atoms with Crippen molar-refractivity contribution in [3.63, 3.8) is 0 Å². The Hall–Kier alpha value is -1.51. The van der Waals surface area contributed by atoms with Gasteiger partial charge >= 0.3 is 0 Å². The highest BCUT2D eigenvalue weighted by Gasteiger charge is 2.14. The van der Waals surface area contributed by atoms with Crippen LogP contribution in [0.5, 0.6) is 0 Å². The predicted molar refractivity (Wildman–Crippen MR) is 71.2 cm³/mol. The maximum atomic E-state index is 9.06. The number of aliphatic hydroxyl groups excluding tert-OH is 1. The number of azide groups is 1. The zero-order valence-electron chi connectivity index (χ0n) is 11.2. The molecule has 0 bridgehead atoms. The molecule has 0 unspecified atom stereocenters. The van der Waals surface area contributed by atoms with Crippen molar-refractivity contribution in [3.05, 3.63) is 39.8 Å². The van der Waals surface area contributed by atoms with E-state index in [9.17, 15) is 0 Å². The lowest BCUT2D eigenvalue weighted by molar-refractivity contribution is 0.282. The van der Waals surface area contributed by atoms with Gasteiger partial charge in [0.15, 0.2) is 0 Å². The van der Waals surface area contributed by atoms with Crippen molar-refractivity contribution in [1.82, 2.24) is 0 Å². The summed E-state index contributed by atoms with van der Waals surface area (Å²) in [5.74, 6) is 0. The Morgan fingerprint density at radius 2 is 1.88 bits per heavy atom. The van der Waals surface area contributed by atoms with Gasteiger partial charge in [-0.3, -0.25) is 0 Å². The molecule has 0 atom stereocenters. The van der Waals surface area contributed by atoms with Crippen LogP contribution in [0.4, 0.5) is 5.69 Å². The molecule has 0 saturated carbocycles. The molecule has 1 N–H and O–H groups in total. The smallest absolute Gasteiger partial charge is 0.0686 e. The van der Waals surface area contributed by atoms with E-state index in [-0.39, 0.29) is 12.0 Å². The Kier molecular flexibility index (Phi) is 6.33. The Morgan fingerprint density at radius 1 is 1.29 bits per heavy atom. The number of benzene rings is 1. The molecule has 0 aliphatic rings. The zero-order chi connectivity index (χ0) is 13.5. The molecule has 1 aromatic carbocycles. The van der Waals surface area contributed by atoms with Crippen molar-refractivity contribution < 1.29 is 5.11 Å². The van der Waals surface area contributed by atoms with Gasteiger partial charge in [-0.15, -0.1) is 0 Å². The normalized spacial score (nSPS) is 10.0. The van der Waals surface area contributed by atoms with Gasteiger partial charge in [-0.1, -0.05) is 51.9 Å². The van der Waals surface area contributed by atoms with E-state index in [0.29, 0.717) is 11.3 Å². The molecule has 0 aliphatic heterocycles. The van der Waals surface area contributed by atoms with Crippen LogP contribution in [0, 0.1) is 0 Å². The van der Waals surface area contributed by atoms with E-state index in [2.05, 4.69) is 30.8 Å². The molecule has 0 amide bonds. The number of aliphatic hydroxyl groups is 1. The second kappa shape index (κ2) is 6.94. The molecule has 0 aliphatic carbocycles. The molecule has 4 nitrogen and oxygen atoms in total. The largest absolute Gasteiger partial charge is 0.392 e. The van der Waals surface area contributed by atoms with Gasteiger partial charge in [-0.25, -0.2) is 0 Å². The number of hydrogen-bond acceptors (Lipinski definition) is 2. The second-order valence-corrected chi connectivity index (χ2v) is 4.44. The van der Waals surface area contributed by atoms with Gasteiger partial charge in [-0.2, -0.15) is 0 Å². The summed E-state index contributed by atoms with van der Waals surface area (Å²) in [6, 6.07) is 5.57. The third-order valence-corrected chi connectivity index (χ3v) is 2.27. The van der Waals surface area contributed by atoms with Crippen LogP contribution in [0.25, 0.3) is 10.4 Å². The van der Waals surface area contributed by atoms with E-state index in [4.69, 9.17) is 10.6 Å². The highest BCUT2D eigenvalue weighted by atomic mass is 16.3. The fraction of sp³-hybridized carbons (Fsp3) is 0.538. The zero-order valence-corrected chi connectivity index (χ0v) is 11.2. The summed E-state index contributed by atoms with van der Waals surface area (Å²) in [4.78, 5) is 2.75. The first-order valence-electron chi connectivity index (χ1n) is 5.78. The van der Waals surface area contributed by atoms with Crippen molar-refractivity contribution in [2.75, 3.05) is 0 Å². The summed E-state index contributed by atoms with van der Waals surface area (Å²) in [7, 11) is 0. The summed E-state index contributed by atoms with van der Waals surface area (Å²) in [6.07, 6.45) is 0. The lowest BCUT2D eigenvalue weighted by atomic mass is 9.86. The molecule has 1 rings (SSSR count). The fourth-order valence-electron chi connectivity index (χ4n) is 1.31. The van der Waals surface area contributed by atoms with Gasteiger partial charge in [0.25, 0.3) is 0 Å². The van der Waals surface area contributed by atoms with Crippen LogP contribution < -0.4 is 0 Å². The van der Waals surface area contributed by atoms with Gasteiger partial charge in [0.1, 0.15) is 0 Å². The lowest BCUT2D eigenvalue weighted by Crippen LogP contribution is -2.10. The van der Waals surface area contributed by atoms with Crippen LogP contribution in [0.1, 0.15) is 45.7 Å². The van der Waals surface area contributed by atoms with Crippen LogP contribution >= 0.6 is 0 Å². The monoisotopic (exact) mass is 235 g/mol. The van der Waals surface area contributed by atoms with Gasteiger partial charge < -0.3 is 5.11 Å². The highest BCUT2D eigenvalue weighted by molar-refractivity contribution is 5.49. The van der Waals surface area contributed by atoms with Crippen molar-refractivity contribution >= 4 is 5.69 Å². The highest BCUT2D eigenvalue weighted by Crippen LogP contribution is 2.28. The molecule has 0 radical (unpaired) electrons. The molecular formula is C13H21N3O. The van der Waals surface area contributed by atoms with Crippen LogP contribution in [-0.2, 0) is 12.0 Å². The first-order valence-corrected chi connectivity index (χ1v) is 5.78. The average molecular weight is 235 g/mol. The SMILES string of the molecule is CC.CC(C)(C)c1ccc(CO)c(N=[N+]=[N-])c1. The molecule has 17 heavy (non-hydrogen) atoms. The average Bonchev–Trinajstić information content (AvgIpc) is 2.31. The van der Waals surface area contributed by atoms with E-state index in [1.807, 2.05) is 26.0 Å². The minimum absolute atomic E-state index is 0.00765. The summed E-state index contributed by atoms with van der Waals surface area (Å²) >= 11 is 0. The Morgan fingerprint density at radius 3 is 2.29 bits per heavy atom. The van der Waals surface area contributed by atoms with Crippen molar-refractivity contribution in [1.29, 1.82) is 0 Å². The van der Waals surface area contributed by atoms with E-state index < -0.39 is 0 Å². The van der Waals surface area contributed by atoms with E-state index in [1.165, 1.54) is 0 Å². The number of hydrogen-bond donors (Lipinski definition) is 1. The maximum absolute atomic E-state index is 9.06. The Bertz CT molecular complexity index is 402. The van der Waals surface area contributed by atoms with Gasteiger partial charge in [0.05, 0.1) is 6.61 Å². The van der Waals surface area contributed by atoms with Gasteiger partial charge in [0, 0.05) is 10.6 Å². The maximum Gasteiger partial charge on any atom is 0.0686 e. The van der Waals surface area contributed by atoms with Crippen LogP contribution in [0.3, 0.4) is 0 Å². The first kappa shape index (κ1) is 15.5. The summed E-state index contributed by atoms with van der Waals surface area (Å²) < 4.78 is 0. The van der Waals surface area contributed by atoms with Gasteiger partial charge in [-0.05, 0) is 28.1 Å². The molecule has 4 heteroatoms. The minimum atomic E-state index is -0.112. The quantitative estimate of drug-likeness (QED) is 0.459. The van der Waals surface area contributed by atoms with Crippen LogP contribution in [0.15, 0.2) is 23.3 Å². The van der Waals surface area contributed by atoms with E-state index in [0.717, 1.165) is 5.56 Å². The number of nitrogens with zero attached hydrogens (tertiary/aromatic N) is 3. The Labute approximate surface area is 103 Å². The minimum Gasteiger partial charge on any atom is -0.392 e. The standard InChI is InChI=1S/C11H15N3O.C2H6/c1-11(2,3)9-5-4-8(7-15)10(6-9)13-14-12;1-2/h4-6,15H,7H2,1-3H3;1-2H3. The predicted octanol–water partition coefficient (Wildman–Crippen LogP) is 4.44. The number of rotatable bonds is 2. The van der Waals surface area contributed by atoms with Crippen molar-refractivity contribution in [2.24, 2.45) is 5.11 Å². The summed E-state index contributed by atoms with van der Waals surface area (Å²) in [5, 5.41) is 12.6. The third kappa shape index (κ3) is 4.47. The molecule has 0 saturated heterocycles. The molecule has 0 heterocycles. The van der Waals surface area contributed by atoms with Gasteiger partial charge in [0.2, 0.25) is 0 Å². The van der Waals surface area contributed by atoms with E-state index in [1.54, 1.807) is 6.07 Å². The fourth-order valence-corrected chi connectivity index (χ4v) is 1.31. The summed E-state index contributed by atoms with van der Waals surface area (Å²) in [6.45, 7) is 10.1. The van der Waals surface area contributed by atoms with Crippen molar-refractivity contribution in [2.45, 2.75) is 46.6 Å². The van der Waals surface area contributed by atoms with Crippen molar-refractivity contribution in [3.8, 4) is 0 Å².